The molecule has 1 aliphatic heterocycles. The minimum absolute atomic E-state index is 0.0752. The molecule has 7 heteroatoms. The summed E-state index contributed by atoms with van der Waals surface area (Å²) in [5, 5.41) is 10.5. The number of carboxylic acid groups (broad SMARTS) is 1. The van der Waals surface area contributed by atoms with Gasteiger partial charge >= 0.3 is 5.97 Å². The van der Waals surface area contributed by atoms with Crippen LogP contribution in [0.5, 0.6) is 0 Å². The zero-order valence-corrected chi connectivity index (χ0v) is 9.49. The Morgan fingerprint density at radius 3 is 2.73 bits per heavy atom. The molecule has 84 valence electrons. The molecule has 0 aromatic carbocycles. The predicted octanol–water partition coefficient (Wildman–Crippen LogP) is -0.817. The number of alkyl halides is 1. The smallest absolute Gasteiger partial charge is 0.322 e. The van der Waals surface area contributed by atoms with Gasteiger partial charge in [0.15, 0.2) is 0 Å². The van der Waals surface area contributed by atoms with Crippen molar-refractivity contribution < 1.29 is 19.5 Å². The number of halogens is 1. The van der Waals surface area contributed by atoms with Crippen molar-refractivity contribution >= 4 is 33.7 Å². The van der Waals surface area contributed by atoms with Crippen LogP contribution in [0.15, 0.2) is 0 Å². The molecular weight excluding hydrogens is 268 g/mol. The van der Waals surface area contributed by atoms with Gasteiger partial charge in [0.1, 0.15) is 6.54 Å². The highest BCUT2D eigenvalue weighted by Crippen LogP contribution is 2.17. The molecule has 0 bridgehead atoms. The minimum Gasteiger partial charge on any atom is -0.480 e. The van der Waals surface area contributed by atoms with Gasteiger partial charge in [-0.2, -0.15) is 0 Å². The van der Waals surface area contributed by atoms with Gasteiger partial charge in [-0.15, -0.1) is 0 Å². The fourth-order valence-corrected chi connectivity index (χ4v) is 1.91. The van der Waals surface area contributed by atoms with Crippen LogP contribution in [0.1, 0.15) is 6.42 Å². The molecule has 0 aliphatic carbocycles. The van der Waals surface area contributed by atoms with E-state index in [0.717, 1.165) is 0 Å². The van der Waals surface area contributed by atoms with Gasteiger partial charge in [-0.25, -0.2) is 0 Å². The number of hydrogen-bond acceptors (Lipinski definition) is 3. The van der Waals surface area contributed by atoms with Crippen LogP contribution in [-0.2, 0) is 14.4 Å². The highest BCUT2D eigenvalue weighted by Gasteiger charge is 2.28. The first kappa shape index (κ1) is 12.0. The van der Waals surface area contributed by atoms with E-state index < -0.39 is 18.4 Å². The van der Waals surface area contributed by atoms with E-state index in [9.17, 15) is 14.4 Å². The number of hydrogen-bond donors (Lipinski definition) is 2. The van der Waals surface area contributed by atoms with Crippen molar-refractivity contribution in [2.24, 2.45) is 0 Å². The number of aliphatic carboxylic acids is 1. The Balaban J connectivity index is 2.32. The summed E-state index contributed by atoms with van der Waals surface area (Å²) in [5.41, 5.74) is 0. The van der Waals surface area contributed by atoms with Gasteiger partial charge in [-0.3, -0.25) is 14.4 Å². The van der Waals surface area contributed by atoms with Crippen LogP contribution in [0.2, 0.25) is 0 Å². The summed E-state index contributed by atoms with van der Waals surface area (Å²) >= 11 is 3.28. The lowest BCUT2D eigenvalue weighted by molar-refractivity contribution is -0.138. The van der Waals surface area contributed by atoms with Crippen LogP contribution in [0, 0.1) is 0 Å². The molecular formula is C8H11BrN2O4. The van der Waals surface area contributed by atoms with Crippen LogP contribution in [-0.4, -0.2) is 52.3 Å². The fraction of sp³-hybridized carbons (Fsp3) is 0.625. The number of likely N-dealkylation sites (tertiary alicyclic amines) is 1. The summed E-state index contributed by atoms with van der Waals surface area (Å²) in [5.74, 6) is -1.65. The Morgan fingerprint density at radius 2 is 2.27 bits per heavy atom. The Hall–Kier alpha value is -1.11. The number of carboxylic acids is 1. The van der Waals surface area contributed by atoms with E-state index in [1.807, 2.05) is 0 Å². The molecule has 15 heavy (non-hydrogen) atoms. The van der Waals surface area contributed by atoms with Gasteiger partial charge in [0.05, 0.1) is 6.54 Å². The van der Waals surface area contributed by atoms with Crippen LogP contribution < -0.4 is 5.32 Å². The monoisotopic (exact) mass is 278 g/mol. The first-order chi connectivity index (χ1) is 6.99. The maximum absolute atomic E-state index is 11.3. The van der Waals surface area contributed by atoms with Gasteiger partial charge in [0.25, 0.3) is 0 Å². The number of rotatable bonds is 4. The zero-order valence-electron chi connectivity index (χ0n) is 7.90. The lowest BCUT2D eigenvalue weighted by Gasteiger charge is -2.14. The molecule has 6 nitrogen and oxygen atoms in total. The van der Waals surface area contributed by atoms with Crippen LogP contribution in [0.25, 0.3) is 0 Å². The molecule has 1 saturated heterocycles. The average molecular weight is 279 g/mol. The van der Waals surface area contributed by atoms with Crippen molar-refractivity contribution in [1.29, 1.82) is 0 Å². The molecule has 2 N–H and O–H groups in total. The maximum atomic E-state index is 11.3. The van der Waals surface area contributed by atoms with Gasteiger partial charge < -0.3 is 15.3 Å². The summed E-state index contributed by atoms with van der Waals surface area (Å²) in [6, 6.07) is 0. The molecule has 0 saturated carbocycles. The average Bonchev–Trinajstić information content (AvgIpc) is 2.42. The number of nitrogens with zero attached hydrogens (tertiary/aromatic N) is 1. The minimum atomic E-state index is -1.10. The van der Waals surface area contributed by atoms with Crippen molar-refractivity contribution in [1.82, 2.24) is 10.2 Å². The zero-order chi connectivity index (χ0) is 11.4. The maximum Gasteiger partial charge on any atom is 0.322 e. The summed E-state index contributed by atoms with van der Waals surface area (Å²) in [4.78, 5) is 34.1. The summed E-state index contributed by atoms with van der Waals surface area (Å²) in [6.07, 6.45) is 0.381. The summed E-state index contributed by atoms with van der Waals surface area (Å²) < 4.78 is 0. The number of carbonyl (C=O) groups is 3. The predicted molar refractivity (Wildman–Crippen MR) is 54.6 cm³/mol. The lowest BCUT2D eigenvalue weighted by Crippen LogP contribution is -2.39. The van der Waals surface area contributed by atoms with Crippen molar-refractivity contribution in [3.05, 3.63) is 0 Å². The normalized spacial score (nSPS) is 20.5. The molecule has 1 unspecified atom stereocenters. The highest BCUT2D eigenvalue weighted by molar-refractivity contribution is 9.09. The van der Waals surface area contributed by atoms with E-state index in [1.54, 1.807) is 0 Å². The van der Waals surface area contributed by atoms with E-state index in [-0.39, 0.29) is 17.3 Å². The Labute approximate surface area is 94.7 Å². The molecule has 0 spiro atoms. The van der Waals surface area contributed by atoms with E-state index in [2.05, 4.69) is 21.2 Å². The summed E-state index contributed by atoms with van der Waals surface area (Å²) in [7, 11) is 0. The molecule has 0 aromatic rings. The third-order valence-electron chi connectivity index (χ3n) is 1.94. The van der Waals surface area contributed by atoms with E-state index in [4.69, 9.17) is 5.11 Å². The highest BCUT2D eigenvalue weighted by atomic mass is 79.9. The standard InChI is InChI=1S/C8H11BrN2O4/c9-5-1-7(13)11(3-5)4-6(12)10-2-8(14)15/h5H,1-4H2,(H,10,12)(H,14,15). The van der Waals surface area contributed by atoms with Crippen molar-refractivity contribution in [2.45, 2.75) is 11.2 Å². The van der Waals surface area contributed by atoms with Crippen LogP contribution >= 0.6 is 15.9 Å². The van der Waals surface area contributed by atoms with Gasteiger partial charge in [0, 0.05) is 17.8 Å². The van der Waals surface area contributed by atoms with Crippen molar-refractivity contribution in [3.63, 3.8) is 0 Å². The molecule has 1 aliphatic rings. The first-order valence-electron chi connectivity index (χ1n) is 4.39. The molecule has 2 amide bonds. The van der Waals surface area contributed by atoms with Gasteiger partial charge in [-0.1, -0.05) is 15.9 Å². The van der Waals surface area contributed by atoms with Crippen LogP contribution in [0.3, 0.4) is 0 Å². The Morgan fingerprint density at radius 1 is 1.60 bits per heavy atom. The SMILES string of the molecule is O=C(O)CNC(=O)CN1CC(Br)CC1=O. The molecule has 1 rings (SSSR count). The van der Waals surface area contributed by atoms with Crippen LogP contribution in [0.4, 0.5) is 0 Å². The topological polar surface area (TPSA) is 86.7 Å². The number of nitrogens with one attached hydrogen (secondary N) is 1. The van der Waals surface area contributed by atoms with E-state index >= 15 is 0 Å². The second-order valence-corrected chi connectivity index (χ2v) is 4.54. The first-order valence-corrected chi connectivity index (χ1v) is 5.31. The summed E-state index contributed by atoms with van der Waals surface area (Å²) in [6.45, 7) is -0.00779. The number of amides is 2. The lowest BCUT2D eigenvalue weighted by atomic mass is 10.4. The number of carbonyl (C=O) groups excluding carboxylic acids is 2. The molecule has 1 heterocycles. The molecule has 0 aromatic heterocycles. The van der Waals surface area contributed by atoms with E-state index in [1.165, 1.54) is 4.90 Å². The molecule has 1 atom stereocenters. The quantitative estimate of drug-likeness (QED) is 0.658. The van der Waals surface area contributed by atoms with Gasteiger partial charge in [-0.05, 0) is 0 Å². The largest absolute Gasteiger partial charge is 0.480 e. The fourth-order valence-electron chi connectivity index (χ4n) is 1.28. The van der Waals surface area contributed by atoms with Crippen molar-refractivity contribution in [3.8, 4) is 0 Å². The molecule has 0 radical (unpaired) electrons. The van der Waals surface area contributed by atoms with Crippen molar-refractivity contribution in [2.75, 3.05) is 19.6 Å². The Bertz CT molecular complexity index is 294. The second-order valence-electron chi connectivity index (χ2n) is 3.25. The van der Waals surface area contributed by atoms with Gasteiger partial charge in [0.2, 0.25) is 11.8 Å². The third-order valence-corrected chi connectivity index (χ3v) is 2.55. The third kappa shape index (κ3) is 3.86. The van der Waals surface area contributed by atoms with E-state index in [0.29, 0.717) is 13.0 Å². The Kier molecular flexibility index (Phi) is 4.07. The second kappa shape index (κ2) is 5.11. The molecule has 1 fully saturated rings.